The van der Waals surface area contributed by atoms with Crippen LogP contribution in [-0.2, 0) is 21.8 Å². The average Bonchev–Trinajstić information content (AvgIpc) is 3.55. The number of alkyl halides is 6. The summed E-state index contributed by atoms with van der Waals surface area (Å²) in [6, 6.07) is 5.51. The number of hydrogen-bond acceptors (Lipinski definition) is 9. The fourth-order valence-corrected chi connectivity index (χ4v) is 7.24. The lowest BCUT2D eigenvalue weighted by atomic mass is 10.0. The molecule has 0 radical (unpaired) electrons. The summed E-state index contributed by atoms with van der Waals surface area (Å²) in [5.74, 6) is -1.19. The lowest BCUT2D eigenvalue weighted by Gasteiger charge is -2.40. The molecule has 0 amide bonds. The predicted molar refractivity (Wildman–Crippen MR) is 119 cm³/mol. The monoisotopic (exact) mass is 581 g/mol. The second-order valence-corrected chi connectivity index (χ2v) is 11.5. The highest BCUT2D eigenvalue weighted by Gasteiger charge is 2.61. The molecule has 3 heterocycles. The Hall–Kier alpha value is -3.20. The first-order chi connectivity index (χ1) is 17.6. The van der Waals surface area contributed by atoms with Crippen LogP contribution in [0.1, 0.15) is 28.8 Å². The summed E-state index contributed by atoms with van der Waals surface area (Å²) in [5, 5.41) is 22.5. The van der Waals surface area contributed by atoms with Crippen molar-refractivity contribution in [3.05, 3.63) is 58.6 Å². The van der Waals surface area contributed by atoms with Crippen LogP contribution in [-0.4, -0.2) is 59.8 Å². The first-order valence-corrected chi connectivity index (χ1v) is 12.9. The van der Waals surface area contributed by atoms with Crippen molar-refractivity contribution < 1.29 is 44.4 Å². The van der Waals surface area contributed by atoms with Gasteiger partial charge in [0, 0.05) is 31.4 Å². The Morgan fingerprint density at radius 1 is 1.16 bits per heavy atom. The van der Waals surface area contributed by atoms with Crippen LogP contribution in [0.25, 0.3) is 0 Å². The molecule has 2 atom stereocenters. The molecule has 2 aromatic heterocycles. The van der Waals surface area contributed by atoms with E-state index in [1.54, 1.807) is 6.07 Å². The van der Waals surface area contributed by atoms with Gasteiger partial charge in [0.05, 0.1) is 22.1 Å². The van der Waals surface area contributed by atoms with E-state index >= 15 is 0 Å². The minimum Gasteiger partial charge on any atom is -0.368 e. The number of halogens is 6. The summed E-state index contributed by atoms with van der Waals surface area (Å²) < 4.78 is 114. The maximum absolute atomic E-state index is 13.8. The Bertz CT molecular complexity index is 1470. The molecule has 0 spiro atoms. The number of rotatable bonds is 5. The average molecular weight is 582 g/mol. The summed E-state index contributed by atoms with van der Waals surface area (Å²) in [7, 11) is -4.40. The summed E-state index contributed by atoms with van der Waals surface area (Å²) in [5.41, 5.74) is -5.22. The lowest BCUT2D eigenvalue weighted by Crippen LogP contribution is -2.54. The number of aliphatic hydroxyl groups is 1. The Morgan fingerprint density at radius 3 is 2.42 bits per heavy atom. The molecule has 0 bridgehead atoms. The highest BCUT2D eigenvalue weighted by Crippen LogP contribution is 2.47. The van der Waals surface area contributed by atoms with E-state index < -0.39 is 54.6 Å². The van der Waals surface area contributed by atoms with Gasteiger partial charge < -0.3 is 14.5 Å². The molecule has 17 heteroatoms. The number of aromatic nitrogens is 2. The largest absolute Gasteiger partial charge is 0.431 e. The lowest BCUT2D eigenvalue weighted by molar-refractivity contribution is -0.255. The van der Waals surface area contributed by atoms with Crippen LogP contribution in [0.5, 0.6) is 0 Å². The molecule has 0 saturated carbocycles. The quantitative estimate of drug-likeness (QED) is 0.453. The van der Waals surface area contributed by atoms with Crippen molar-refractivity contribution >= 4 is 27.0 Å². The van der Waals surface area contributed by atoms with Gasteiger partial charge in [-0.15, -0.1) is 11.3 Å². The topological polar surface area (TPSA) is 124 Å². The van der Waals surface area contributed by atoms with Gasteiger partial charge in [-0.25, -0.2) is 8.42 Å². The molecule has 1 saturated heterocycles. The standard InChI is InChI=1S/C21H17F6N5O4S2/c1-12-10-31(15-3-2-13(9-28)8-14(15)20(22,23)24)6-7-32(12)38(34,35)17-5-4-16(37-17)19(33,21(25,26)27)18-29-11-30-36-18/h2-5,8,11-12,33H,6-7,10H2,1H3. The van der Waals surface area contributed by atoms with Crippen LogP contribution < -0.4 is 4.90 Å². The minimum absolute atomic E-state index is 0.154. The molecule has 1 N–H and O–H groups in total. The molecular weight excluding hydrogens is 564 g/mol. The molecule has 1 aliphatic rings. The fraction of sp³-hybridized carbons (Fsp3) is 0.381. The molecule has 3 aromatic rings. The SMILES string of the molecule is CC1CN(c2ccc(C#N)cc2C(F)(F)F)CCN1S(=O)(=O)c1ccc(C(O)(c2ncno2)C(F)(F)F)s1. The smallest absolute Gasteiger partial charge is 0.368 e. The van der Waals surface area contributed by atoms with Crippen LogP contribution in [0, 0.1) is 11.3 Å². The van der Waals surface area contributed by atoms with Crippen LogP contribution in [0.4, 0.5) is 32.0 Å². The zero-order valence-electron chi connectivity index (χ0n) is 19.2. The highest BCUT2D eigenvalue weighted by molar-refractivity contribution is 7.91. The van der Waals surface area contributed by atoms with E-state index in [1.807, 2.05) is 0 Å². The van der Waals surface area contributed by atoms with Crippen LogP contribution in [0.2, 0.25) is 0 Å². The normalized spacial score (nSPS) is 19.2. The van der Waals surface area contributed by atoms with E-state index in [1.165, 1.54) is 17.9 Å². The number of anilines is 1. The van der Waals surface area contributed by atoms with Crippen molar-refractivity contribution in [1.29, 1.82) is 5.26 Å². The summed E-state index contributed by atoms with van der Waals surface area (Å²) in [6.07, 6.45) is -9.45. The van der Waals surface area contributed by atoms with Gasteiger partial charge in [-0.3, -0.25) is 0 Å². The summed E-state index contributed by atoms with van der Waals surface area (Å²) in [6.45, 7) is 0.840. The van der Waals surface area contributed by atoms with Gasteiger partial charge in [-0.2, -0.15) is 40.9 Å². The van der Waals surface area contributed by atoms with E-state index in [2.05, 4.69) is 14.7 Å². The molecule has 1 aliphatic heterocycles. The third-order valence-electron chi connectivity index (χ3n) is 5.92. The fourth-order valence-electron chi connectivity index (χ4n) is 4.09. The molecule has 38 heavy (non-hydrogen) atoms. The Balaban J connectivity index is 1.62. The van der Waals surface area contributed by atoms with Crippen LogP contribution >= 0.6 is 11.3 Å². The number of piperazine rings is 1. The van der Waals surface area contributed by atoms with E-state index in [9.17, 15) is 39.9 Å². The van der Waals surface area contributed by atoms with Gasteiger partial charge in [0.1, 0.15) is 4.21 Å². The van der Waals surface area contributed by atoms with E-state index in [0.29, 0.717) is 12.4 Å². The maximum Gasteiger partial charge on any atom is 0.431 e. The van der Waals surface area contributed by atoms with Gasteiger partial charge >= 0.3 is 12.4 Å². The van der Waals surface area contributed by atoms with E-state index in [0.717, 1.165) is 22.5 Å². The van der Waals surface area contributed by atoms with Crippen LogP contribution in [0.3, 0.4) is 0 Å². The minimum atomic E-state index is -5.33. The van der Waals surface area contributed by atoms with E-state index in [4.69, 9.17) is 5.26 Å². The van der Waals surface area contributed by atoms with Crippen molar-refractivity contribution in [2.75, 3.05) is 24.5 Å². The summed E-state index contributed by atoms with van der Waals surface area (Å²) >= 11 is 0.154. The van der Waals surface area contributed by atoms with Gasteiger partial charge in [-0.05, 0) is 37.3 Å². The van der Waals surface area contributed by atoms with E-state index in [-0.39, 0.29) is 42.2 Å². The number of benzene rings is 1. The van der Waals surface area contributed by atoms with Gasteiger partial charge in [0.25, 0.3) is 21.5 Å². The Kier molecular flexibility index (Phi) is 6.97. The molecular formula is C21H17F6N5O4S2. The third-order valence-corrected chi connectivity index (χ3v) is 9.60. The Labute approximate surface area is 215 Å². The molecule has 0 aliphatic carbocycles. The molecule has 2 unspecified atom stereocenters. The van der Waals surface area contributed by atoms with Crippen molar-refractivity contribution in [2.45, 2.75) is 35.1 Å². The molecule has 4 rings (SSSR count). The van der Waals surface area contributed by atoms with Gasteiger partial charge in [0.15, 0.2) is 6.33 Å². The zero-order valence-corrected chi connectivity index (χ0v) is 20.8. The molecule has 1 aromatic carbocycles. The third kappa shape index (κ3) is 4.72. The second kappa shape index (κ2) is 9.52. The van der Waals surface area contributed by atoms with Crippen molar-refractivity contribution in [3.63, 3.8) is 0 Å². The first-order valence-electron chi connectivity index (χ1n) is 10.7. The van der Waals surface area contributed by atoms with Gasteiger partial charge in [-0.1, -0.05) is 5.16 Å². The van der Waals surface area contributed by atoms with Gasteiger partial charge in [0.2, 0.25) is 0 Å². The number of thiophene rings is 1. The number of nitrogens with zero attached hydrogens (tertiary/aromatic N) is 5. The Morgan fingerprint density at radius 2 is 1.87 bits per heavy atom. The number of hydrogen-bond donors (Lipinski definition) is 1. The van der Waals surface area contributed by atoms with Crippen LogP contribution in [0.15, 0.2) is 45.4 Å². The number of nitriles is 1. The maximum atomic E-state index is 13.8. The predicted octanol–water partition coefficient (Wildman–Crippen LogP) is 3.72. The van der Waals surface area contributed by atoms with Crippen molar-refractivity contribution in [1.82, 2.24) is 14.4 Å². The number of sulfonamides is 1. The highest BCUT2D eigenvalue weighted by atomic mass is 32.2. The van der Waals surface area contributed by atoms with Crippen molar-refractivity contribution in [3.8, 4) is 6.07 Å². The molecule has 1 fully saturated rings. The second-order valence-electron chi connectivity index (χ2n) is 8.33. The zero-order chi connectivity index (χ0) is 28.1. The molecule has 204 valence electrons. The summed E-state index contributed by atoms with van der Waals surface area (Å²) in [4.78, 5) is 3.78. The first kappa shape index (κ1) is 27.8. The molecule has 9 nitrogen and oxygen atoms in total. The van der Waals surface area contributed by atoms with Crippen molar-refractivity contribution in [2.24, 2.45) is 0 Å².